The Morgan fingerprint density at radius 1 is 0.917 bits per heavy atom. The summed E-state index contributed by atoms with van der Waals surface area (Å²) in [4.78, 5) is 2.15. The molecule has 0 radical (unpaired) electrons. The minimum absolute atomic E-state index is 0.670. The molecule has 126 valence electrons. The Bertz CT molecular complexity index is 659. The van der Waals surface area contributed by atoms with Gasteiger partial charge in [-0.3, -0.25) is 0 Å². The molecule has 0 spiro atoms. The first-order chi connectivity index (χ1) is 11.5. The van der Waals surface area contributed by atoms with E-state index in [0.29, 0.717) is 6.54 Å². The van der Waals surface area contributed by atoms with E-state index in [0.717, 1.165) is 24.6 Å². The molecule has 0 unspecified atom stereocenters. The summed E-state index contributed by atoms with van der Waals surface area (Å²) in [7, 11) is 2.06. The number of hydrogen-bond acceptors (Lipinski definition) is 3. The van der Waals surface area contributed by atoms with Crippen LogP contribution >= 0.6 is 0 Å². The third-order valence-electron chi connectivity index (χ3n) is 3.93. The van der Waals surface area contributed by atoms with E-state index in [1.54, 1.807) is 0 Å². The van der Waals surface area contributed by atoms with Gasteiger partial charge in [0.2, 0.25) is 0 Å². The van der Waals surface area contributed by atoms with Crippen molar-refractivity contribution in [1.29, 1.82) is 0 Å². The summed E-state index contributed by atoms with van der Waals surface area (Å²) in [5.41, 5.74) is 4.81. The standard InChI is InChI=1S/C21H27N3/c1-17-10-12-20(13-11-17)15-23-19(3)22-14-18(2)24(4)16-21-8-6-5-7-9-21/h5-13,22-23H,2-3,14-16H2,1,4H3. The van der Waals surface area contributed by atoms with Crippen molar-refractivity contribution in [2.75, 3.05) is 13.6 Å². The summed E-state index contributed by atoms with van der Waals surface area (Å²) < 4.78 is 0. The zero-order valence-corrected chi connectivity index (χ0v) is 14.7. The molecule has 24 heavy (non-hydrogen) atoms. The maximum Gasteiger partial charge on any atom is 0.0918 e. The van der Waals surface area contributed by atoms with Gasteiger partial charge in [0.15, 0.2) is 0 Å². The minimum Gasteiger partial charge on any atom is -0.373 e. The van der Waals surface area contributed by atoms with Crippen LogP contribution in [0.3, 0.4) is 0 Å². The number of benzene rings is 2. The van der Waals surface area contributed by atoms with Gasteiger partial charge in [-0.05, 0) is 18.1 Å². The SMILES string of the molecule is C=C(NCC(=C)N(C)Cc1ccccc1)NCc1ccc(C)cc1. The predicted molar refractivity (Wildman–Crippen MR) is 102 cm³/mol. The van der Waals surface area contributed by atoms with E-state index in [1.807, 2.05) is 6.07 Å². The summed E-state index contributed by atoms with van der Waals surface area (Å²) in [6.45, 7) is 12.5. The quantitative estimate of drug-likeness (QED) is 0.736. The second-order valence-corrected chi connectivity index (χ2v) is 6.08. The molecule has 2 aromatic carbocycles. The van der Waals surface area contributed by atoms with E-state index in [4.69, 9.17) is 0 Å². The zero-order valence-electron chi connectivity index (χ0n) is 14.7. The maximum atomic E-state index is 4.15. The highest BCUT2D eigenvalue weighted by atomic mass is 15.2. The average Bonchev–Trinajstić information content (AvgIpc) is 2.60. The number of rotatable bonds is 9. The molecule has 2 N–H and O–H groups in total. The molecule has 0 saturated carbocycles. The van der Waals surface area contributed by atoms with Gasteiger partial charge in [0.05, 0.1) is 12.4 Å². The zero-order chi connectivity index (χ0) is 17.4. The van der Waals surface area contributed by atoms with E-state index < -0.39 is 0 Å². The molecular formula is C21H27N3. The predicted octanol–water partition coefficient (Wildman–Crippen LogP) is 3.79. The van der Waals surface area contributed by atoms with Crippen LogP contribution in [0.5, 0.6) is 0 Å². The number of nitrogens with one attached hydrogen (secondary N) is 2. The maximum absolute atomic E-state index is 4.15. The molecule has 0 aliphatic heterocycles. The van der Waals surface area contributed by atoms with E-state index >= 15 is 0 Å². The van der Waals surface area contributed by atoms with Crippen molar-refractivity contribution in [3.8, 4) is 0 Å². The van der Waals surface area contributed by atoms with Crippen LogP contribution in [-0.4, -0.2) is 18.5 Å². The lowest BCUT2D eigenvalue weighted by atomic mass is 10.1. The summed E-state index contributed by atoms with van der Waals surface area (Å²) in [5.74, 6) is 0.810. The summed E-state index contributed by atoms with van der Waals surface area (Å²) >= 11 is 0. The molecule has 2 aromatic rings. The molecule has 0 fully saturated rings. The van der Waals surface area contributed by atoms with Crippen molar-refractivity contribution in [2.24, 2.45) is 0 Å². The van der Waals surface area contributed by atoms with Crippen LogP contribution in [0.25, 0.3) is 0 Å². The highest BCUT2D eigenvalue weighted by Crippen LogP contribution is 2.07. The van der Waals surface area contributed by atoms with Gasteiger partial charge >= 0.3 is 0 Å². The normalized spacial score (nSPS) is 10.1. The Kier molecular flexibility index (Phi) is 6.50. The van der Waals surface area contributed by atoms with Crippen molar-refractivity contribution in [3.05, 3.63) is 96.0 Å². The van der Waals surface area contributed by atoms with Crippen molar-refractivity contribution in [2.45, 2.75) is 20.0 Å². The third kappa shape index (κ3) is 5.84. The van der Waals surface area contributed by atoms with Crippen molar-refractivity contribution >= 4 is 0 Å². The van der Waals surface area contributed by atoms with Crippen LogP contribution in [0, 0.1) is 6.92 Å². The molecule has 0 aliphatic carbocycles. The second-order valence-electron chi connectivity index (χ2n) is 6.08. The molecule has 0 bridgehead atoms. The first kappa shape index (κ1) is 17.7. The first-order valence-corrected chi connectivity index (χ1v) is 8.19. The van der Waals surface area contributed by atoms with Gasteiger partial charge in [-0.2, -0.15) is 0 Å². The lowest BCUT2D eigenvalue weighted by molar-refractivity contribution is 0.399. The van der Waals surface area contributed by atoms with Gasteiger partial charge in [0.1, 0.15) is 0 Å². The van der Waals surface area contributed by atoms with E-state index in [-0.39, 0.29) is 0 Å². The molecule has 0 atom stereocenters. The monoisotopic (exact) mass is 321 g/mol. The van der Waals surface area contributed by atoms with Crippen LogP contribution in [0.1, 0.15) is 16.7 Å². The highest BCUT2D eigenvalue weighted by molar-refractivity contribution is 5.21. The molecule has 0 heterocycles. The van der Waals surface area contributed by atoms with Crippen LogP contribution in [0.15, 0.2) is 79.3 Å². The van der Waals surface area contributed by atoms with Gasteiger partial charge in [0, 0.05) is 25.8 Å². The van der Waals surface area contributed by atoms with Crippen LogP contribution in [0.2, 0.25) is 0 Å². The van der Waals surface area contributed by atoms with Crippen molar-refractivity contribution in [1.82, 2.24) is 15.5 Å². The summed E-state index contributed by atoms with van der Waals surface area (Å²) in [5, 5.41) is 6.58. The number of aryl methyl sites for hydroxylation is 1. The molecule has 3 heteroatoms. The van der Waals surface area contributed by atoms with Crippen molar-refractivity contribution < 1.29 is 0 Å². The molecule has 0 aromatic heterocycles. The Labute approximate surface area is 145 Å². The number of hydrogen-bond donors (Lipinski definition) is 2. The van der Waals surface area contributed by atoms with Crippen LogP contribution in [0.4, 0.5) is 0 Å². The molecule has 3 nitrogen and oxygen atoms in total. The van der Waals surface area contributed by atoms with Gasteiger partial charge in [-0.1, -0.05) is 73.3 Å². The Hall–Kier alpha value is -2.68. The second kappa shape index (κ2) is 8.82. The first-order valence-electron chi connectivity index (χ1n) is 8.19. The van der Waals surface area contributed by atoms with Gasteiger partial charge in [0.25, 0.3) is 0 Å². The van der Waals surface area contributed by atoms with E-state index in [9.17, 15) is 0 Å². The molecule has 0 amide bonds. The van der Waals surface area contributed by atoms with E-state index in [1.165, 1.54) is 16.7 Å². The van der Waals surface area contributed by atoms with Crippen LogP contribution in [-0.2, 0) is 13.1 Å². The fraction of sp³-hybridized carbons (Fsp3) is 0.238. The number of nitrogens with zero attached hydrogens (tertiary/aromatic N) is 1. The smallest absolute Gasteiger partial charge is 0.0918 e. The van der Waals surface area contributed by atoms with Gasteiger partial charge in [-0.15, -0.1) is 0 Å². The molecular weight excluding hydrogens is 294 g/mol. The van der Waals surface area contributed by atoms with Gasteiger partial charge in [-0.25, -0.2) is 0 Å². The third-order valence-corrected chi connectivity index (χ3v) is 3.93. The Balaban J connectivity index is 1.70. The molecule has 2 rings (SSSR count). The Morgan fingerprint density at radius 2 is 1.58 bits per heavy atom. The lowest BCUT2D eigenvalue weighted by Crippen LogP contribution is -2.30. The Morgan fingerprint density at radius 3 is 2.25 bits per heavy atom. The van der Waals surface area contributed by atoms with Gasteiger partial charge < -0.3 is 15.5 Å². The molecule has 0 saturated heterocycles. The van der Waals surface area contributed by atoms with Crippen molar-refractivity contribution in [3.63, 3.8) is 0 Å². The largest absolute Gasteiger partial charge is 0.373 e. The van der Waals surface area contributed by atoms with Crippen LogP contribution < -0.4 is 10.6 Å². The highest BCUT2D eigenvalue weighted by Gasteiger charge is 2.03. The topological polar surface area (TPSA) is 27.3 Å². The lowest BCUT2D eigenvalue weighted by Gasteiger charge is -2.23. The number of likely N-dealkylation sites (N-methyl/N-ethyl adjacent to an activating group) is 1. The fourth-order valence-electron chi connectivity index (χ4n) is 2.29. The minimum atomic E-state index is 0.670. The molecule has 0 aliphatic rings. The summed E-state index contributed by atoms with van der Waals surface area (Å²) in [6, 6.07) is 18.9. The summed E-state index contributed by atoms with van der Waals surface area (Å²) in [6.07, 6.45) is 0. The average molecular weight is 321 g/mol. The van der Waals surface area contributed by atoms with E-state index in [2.05, 4.69) is 91.2 Å². The fourth-order valence-corrected chi connectivity index (χ4v) is 2.29.